The minimum Gasteiger partial charge on any atom is -0.457 e. The van der Waals surface area contributed by atoms with Gasteiger partial charge in [0.05, 0.1) is 5.92 Å². The van der Waals surface area contributed by atoms with Crippen molar-refractivity contribution in [3.8, 4) is 11.5 Å². The fourth-order valence-electron chi connectivity index (χ4n) is 2.84. The van der Waals surface area contributed by atoms with Gasteiger partial charge in [0.25, 0.3) is 0 Å². The van der Waals surface area contributed by atoms with Crippen LogP contribution in [0.4, 0.5) is 0 Å². The first-order chi connectivity index (χ1) is 12.6. The third-order valence-electron chi connectivity index (χ3n) is 4.24. The van der Waals surface area contributed by atoms with Crippen molar-refractivity contribution >= 4 is 17.5 Å². The van der Waals surface area contributed by atoms with Gasteiger partial charge in [0.15, 0.2) is 0 Å². The number of carbonyl (C=O) groups is 1. The minimum absolute atomic E-state index is 0.313. The van der Waals surface area contributed by atoms with Gasteiger partial charge in [-0.3, -0.25) is 4.79 Å². The lowest BCUT2D eigenvalue weighted by atomic mass is 9.92. The van der Waals surface area contributed by atoms with E-state index in [1.807, 2.05) is 54.6 Å². The molecular weight excluding hydrogens is 346 g/mol. The van der Waals surface area contributed by atoms with E-state index in [-0.39, 0.29) is 11.8 Å². The van der Waals surface area contributed by atoms with Gasteiger partial charge in [-0.1, -0.05) is 54.1 Å². The predicted octanol–water partition coefficient (Wildman–Crippen LogP) is 5.33. The van der Waals surface area contributed by atoms with Crippen molar-refractivity contribution in [2.24, 2.45) is 5.73 Å². The second-order valence-corrected chi connectivity index (χ2v) is 6.54. The van der Waals surface area contributed by atoms with E-state index >= 15 is 0 Å². The van der Waals surface area contributed by atoms with Gasteiger partial charge in [-0.05, 0) is 60.4 Å². The van der Waals surface area contributed by atoms with Crippen molar-refractivity contribution in [1.29, 1.82) is 0 Å². The summed E-state index contributed by atoms with van der Waals surface area (Å²) in [4.78, 5) is 11.9. The summed E-state index contributed by atoms with van der Waals surface area (Å²) in [5, 5.41) is 0.662. The van der Waals surface area contributed by atoms with Crippen LogP contribution < -0.4 is 10.5 Å². The average molecular weight is 366 g/mol. The van der Waals surface area contributed by atoms with Gasteiger partial charge in [-0.2, -0.15) is 0 Å². The first-order valence-electron chi connectivity index (χ1n) is 8.48. The van der Waals surface area contributed by atoms with Crippen molar-refractivity contribution in [3.63, 3.8) is 0 Å². The van der Waals surface area contributed by atoms with E-state index in [9.17, 15) is 4.79 Å². The Morgan fingerprint density at radius 1 is 0.885 bits per heavy atom. The molecule has 0 heterocycles. The summed E-state index contributed by atoms with van der Waals surface area (Å²) in [6, 6.07) is 24.7. The van der Waals surface area contributed by atoms with Gasteiger partial charge in [-0.25, -0.2) is 0 Å². The molecular formula is C22H20ClNO2. The smallest absolute Gasteiger partial charge is 0.224 e. The van der Waals surface area contributed by atoms with E-state index in [4.69, 9.17) is 22.1 Å². The Balaban J connectivity index is 1.67. The third kappa shape index (κ3) is 4.87. The monoisotopic (exact) mass is 365 g/mol. The number of halogens is 1. The van der Waals surface area contributed by atoms with E-state index in [0.29, 0.717) is 22.9 Å². The molecule has 0 radical (unpaired) electrons. The number of benzene rings is 3. The Labute approximate surface area is 158 Å². The Bertz CT molecular complexity index is 846. The first kappa shape index (κ1) is 18.0. The number of aryl methyl sites for hydroxylation is 1. The Kier molecular flexibility index (Phi) is 5.92. The number of rotatable bonds is 7. The van der Waals surface area contributed by atoms with Gasteiger partial charge < -0.3 is 10.5 Å². The van der Waals surface area contributed by atoms with E-state index in [1.165, 1.54) is 5.56 Å². The Morgan fingerprint density at radius 3 is 2.04 bits per heavy atom. The summed E-state index contributed by atoms with van der Waals surface area (Å²) in [6.07, 6.45) is 1.48. The number of ether oxygens (including phenoxy) is 1. The van der Waals surface area contributed by atoms with E-state index < -0.39 is 0 Å². The molecule has 0 bridgehead atoms. The van der Waals surface area contributed by atoms with Crippen LogP contribution in [-0.4, -0.2) is 5.91 Å². The normalized spacial score (nSPS) is 11.7. The fourth-order valence-corrected chi connectivity index (χ4v) is 2.96. The summed E-state index contributed by atoms with van der Waals surface area (Å²) < 4.78 is 5.78. The van der Waals surface area contributed by atoms with E-state index in [1.54, 1.807) is 12.1 Å². The lowest BCUT2D eigenvalue weighted by molar-refractivity contribution is -0.119. The Morgan fingerprint density at radius 2 is 1.46 bits per heavy atom. The summed E-state index contributed by atoms with van der Waals surface area (Å²) in [7, 11) is 0. The fraction of sp³-hybridized carbons (Fsp3) is 0.136. The SMILES string of the molecule is NC(=O)C(CCc1ccccc1)c1ccc(Oc2ccc(Cl)cc2)cc1. The molecule has 4 heteroatoms. The molecule has 3 aromatic carbocycles. The van der Waals surface area contributed by atoms with Crippen molar-refractivity contribution in [3.05, 3.63) is 95.0 Å². The molecule has 0 aliphatic carbocycles. The molecule has 0 aliphatic rings. The highest BCUT2D eigenvalue weighted by Gasteiger charge is 2.17. The molecule has 2 N–H and O–H groups in total. The Hall–Kier alpha value is -2.78. The third-order valence-corrected chi connectivity index (χ3v) is 4.49. The number of carbonyl (C=O) groups excluding carboxylic acids is 1. The van der Waals surface area contributed by atoms with Gasteiger partial charge in [0.2, 0.25) is 5.91 Å². The van der Waals surface area contributed by atoms with Gasteiger partial charge in [-0.15, -0.1) is 0 Å². The molecule has 1 atom stereocenters. The average Bonchev–Trinajstić information content (AvgIpc) is 2.66. The molecule has 0 aromatic heterocycles. The maximum atomic E-state index is 11.9. The highest BCUT2D eigenvalue weighted by atomic mass is 35.5. The summed E-state index contributed by atoms with van der Waals surface area (Å²) in [5.41, 5.74) is 7.72. The van der Waals surface area contributed by atoms with Crippen LogP contribution in [0.3, 0.4) is 0 Å². The van der Waals surface area contributed by atoms with Gasteiger partial charge in [0.1, 0.15) is 11.5 Å². The second kappa shape index (κ2) is 8.54. The second-order valence-electron chi connectivity index (χ2n) is 6.10. The van der Waals surface area contributed by atoms with Crippen molar-refractivity contribution < 1.29 is 9.53 Å². The van der Waals surface area contributed by atoms with Crippen LogP contribution in [0.25, 0.3) is 0 Å². The zero-order valence-electron chi connectivity index (χ0n) is 14.3. The van der Waals surface area contributed by atoms with E-state index in [0.717, 1.165) is 12.0 Å². The van der Waals surface area contributed by atoms with E-state index in [2.05, 4.69) is 12.1 Å². The molecule has 3 nitrogen and oxygen atoms in total. The summed E-state index contributed by atoms with van der Waals surface area (Å²) in [6.45, 7) is 0. The predicted molar refractivity (Wildman–Crippen MR) is 105 cm³/mol. The molecule has 0 spiro atoms. The first-order valence-corrected chi connectivity index (χ1v) is 8.86. The molecule has 132 valence electrons. The zero-order chi connectivity index (χ0) is 18.4. The largest absolute Gasteiger partial charge is 0.457 e. The van der Waals surface area contributed by atoms with Crippen LogP contribution in [0.15, 0.2) is 78.9 Å². The minimum atomic E-state index is -0.320. The maximum absolute atomic E-state index is 11.9. The van der Waals surface area contributed by atoms with Crippen LogP contribution in [0.2, 0.25) is 5.02 Å². The topological polar surface area (TPSA) is 52.3 Å². The molecule has 1 amide bonds. The zero-order valence-corrected chi connectivity index (χ0v) is 15.0. The van der Waals surface area contributed by atoms with Crippen LogP contribution in [0, 0.1) is 0 Å². The highest BCUT2D eigenvalue weighted by molar-refractivity contribution is 6.30. The van der Waals surface area contributed by atoms with Crippen molar-refractivity contribution in [2.45, 2.75) is 18.8 Å². The van der Waals surface area contributed by atoms with Gasteiger partial charge >= 0.3 is 0 Å². The molecule has 0 aliphatic heterocycles. The lowest BCUT2D eigenvalue weighted by Gasteiger charge is -2.15. The molecule has 26 heavy (non-hydrogen) atoms. The number of primary amides is 1. The number of hydrogen-bond acceptors (Lipinski definition) is 2. The lowest BCUT2D eigenvalue weighted by Crippen LogP contribution is -2.22. The molecule has 0 saturated carbocycles. The molecule has 1 unspecified atom stereocenters. The molecule has 3 aromatic rings. The molecule has 0 saturated heterocycles. The standard InChI is InChI=1S/C22H20ClNO2/c23-18-9-13-20(14-10-18)26-19-11-7-17(8-12-19)21(22(24)25)15-6-16-4-2-1-3-5-16/h1-5,7-14,21H,6,15H2,(H2,24,25). The number of amides is 1. The maximum Gasteiger partial charge on any atom is 0.224 e. The quantitative estimate of drug-likeness (QED) is 0.614. The van der Waals surface area contributed by atoms with Gasteiger partial charge in [0, 0.05) is 5.02 Å². The molecule has 0 fully saturated rings. The summed E-state index contributed by atoms with van der Waals surface area (Å²) >= 11 is 5.87. The highest BCUT2D eigenvalue weighted by Crippen LogP contribution is 2.27. The van der Waals surface area contributed by atoms with Crippen molar-refractivity contribution in [1.82, 2.24) is 0 Å². The number of nitrogens with two attached hydrogens (primary N) is 1. The van der Waals surface area contributed by atoms with Crippen LogP contribution >= 0.6 is 11.6 Å². The van der Waals surface area contributed by atoms with Crippen molar-refractivity contribution in [2.75, 3.05) is 0 Å². The molecule has 3 rings (SSSR count). The summed E-state index contributed by atoms with van der Waals surface area (Å²) in [5.74, 6) is 0.770. The van der Waals surface area contributed by atoms with Crippen LogP contribution in [-0.2, 0) is 11.2 Å². The number of hydrogen-bond donors (Lipinski definition) is 1. The van der Waals surface area contributed by atoms with Crippen LogP contribution in [0.5, 0.6) is 11.5 Å². The van der Waals surface area contributed by atoms with Crippen LogP contribution in [0.1, 0.15) is 23.5 Å².